The largest absolute Gasteiger partial charge is 0.357 e. The molecule has 0 aliphatic carbocycles. The third kappa shape index (κ3) is 7.74. The number of likely N-dealkylation sites (tertiary alicyclic amines) is 1. The number of nitrogens with two attached hydrogens (primary N) is 1. The molecule has 1 aliphatic heterocycles. The van der Waals surface area contributed by atoms with Gasteiger partial charge in [0.1, 0.15) is 0 Å². The zero-order valence-electron chi connectivity index (χ0n) is 17.8. The van der Waals surface area contributed by atoms with E-state index in [4.69, 9.17) is 5.14 Å². The zero-order chi connectivity index (χ0) is 21.4. The van der Waals surface area contributed by atoms with Crippen molar-refractivity contribution in [3.8, 4) is 0 Å². The number of guanidine groups is 1. The second kappa shape index (κ2) is 12.4. The first-order chi connectivity index (χ1) is 14.5. The highest BCUT2D eigenvalue weighted by Gasteiger charge is 2.23. The Morgan fingerprint density at radius 1 is 1.06 bits per heavy atom. The van der Waals surface area contributed by atoms with Gasteiger partial charge in [0.15, 0.2) is 5.96 Å². The van der Waals surface area contributed by atoms with Crippen LogP contribution in [-0.2, 0) is 16.6 Å². The number of hydrogen-bond donors (Lipinski definition) is 3. The fourth-order valence-electron chi connectivity index (χ4n) is 3.68. The van der Waals surface area contributed by atoms with Crippen molar-refractivity contribution in [3.63, 3.8) is 0 Å². The molecule has 9 heteroatoms. The van der Waals surface area contributed by atoms with Crippen molar-refractivity contribution in [3.05, 3.63) is 65.7 Å². The van der Waals surface area contributed by atoms with Crippen LogP contribution in [0.25, 0.3) is 0 Å². The van der Waals surface area contributed by atoms with Crippen LogP contribution in [0, 0.1) is 0 Å². The number of nitrogens with zero attached hydrogens (tertiary/aromatic N) is 2. The van der Waals surface area contributed by atoms with Gasteiger partial charge in [0.25, 0.3) is 0 Å². The molecule has 0 radical (unpaired) electrons. The maximum atomic E-state index is 11.4. The van der Waals surface area contributed by atoms with E-state index in [9.17, 15) is 8.42 Å². The van der Waals surface area contributed by atoms with E-state index < -0.39 is 10.0 Å². The Morgan fingerprint density at radius 3 is 2.29 bits per heavy atom. The Morgan fingerprint density at radius 2 is 1.71 bits per heavy atom. The molecule has 0 saturated carbocycles. The molecule has 1 atom stereocenters. The molecule has 0 bridgehead atoms. The number of halogens is 1. The molecule has 2 aromatic rings. The van der Waals surface area contributed by atoms with Crippen molar-refractivity contribution >= 4 is 40.0 Å². The molecule has 3 rings (SSSR count). The van der Waals surface area contributed by atoms with E-state index in [0.29, 0.717) is 12.6 Å². The second-order valence-electron chi connectivity index (χ2n) is 7.43. The smallest absolute Gasteiger partial charge is 0.238 e. The van der Waals surface area contributed by atoms with Gasteiger partial charge in [-0.1, -0.05) is 42.5 Å². The molecule has 31 heavy (non-hydrogen) atoms. The van der Waals surface area contributed by atoms with Crippen molar-refractivity contribution in [2.24, 2.45) is 10.1 Å². The van der Waals surface area contributed by atoms with Crippen LogP contribution in [-0.4, -0.2) is 45.5 Å². The molecule has 7 nitrogen and oxygen atoms in total. The predicted molar refractivity (Wildman–Crippen MR) is 136 cm³/mol. The molecular weight excluding hydrogens is 525 g/mol. The van der Waals surface area contributed by atoms with Crippen molar-refractivity contribution < 1.29 is 8.42 Å². The molecule has 1 saturated heterocycles. The Balaban J connectivity index is 0.00000341. The number of aliphatic imine (C=N–C) groups is 1. The summed E-state index contributed by atoms with van der Waals surface area (Å²) in [4.78, 5) is 7.30. The topological polar surface area (TPSA) is 99.8 Å². The molecule has 1 fully saturated rings. The van der Waals surface area contributed by atoms with E-state index in [0.717, 1.165) is 37.7 Å². The minimum atomic E-state index is -3.68. The SMILES string of the molecule is CCNC(=NCc1ccc(S(N)(=O)=O)cc1)NCC(c1ccccc1)N1CCCC1.I. The van der Waals surface area contributed by atoms with Crippen LogP contribution >= 0.6 is 24.0 Å². The lowest BCUT2D eigenvalue weighted by Gasteiger charge is -2.29. The van der Waals surface area contributed by atoms with Gasteiger partial charge in [0, 0.05) is 13.1 Å². The Bertz CT molecular complexity index is 930. The molecule has 1 heterocycles. The number of sulfonamides is 1. The third-order valence-corrected chi connectivity index (χ3v) is 6.17. The molecular formula is C22H32IN5O2S. The fraction of sp³-hybridized carbons (Fsp3) is 0.409. The van der Waals surface area contributed by atoms with Gasteiger partial charge in [-0.2, -0.15) is 0 Å². The standard InChI is InChI=1S/C22H31N5O2S.HI/c1-2-24-22(25-16-18-10-12-20(13-11-18)30(23,28)29)26-17-21(27-14-6-7-15-27)19-8-4-3-5-9-19;/h3-5,8-13,21H,2,6-7,14-17H2,1H3,(H2,23,28,29)(H2,24,25,26);1H. The van der Waals surface area contributed by atoms with Crippen LogP contribution in [0.1, 0.15) is 36.9 Å². The Labute approximate surface area is 202 Å². The number of nitrogens with one attached hydrogen (secondary N) is 2. The van der Waals surface area contributed by atoms with Gasteiger partial charge in [-0.25, -0.2) is 18.5 Å². The monoisotopic (exact) mass is 557 g/mol. The maximum absolute atomic E-state index is 11.4. The summed E-state index contributed by atoms with van der Waals surface area (Å²) in [7, 11) is -3.68. The van der Waals surface area contributed by atoms with Crippen molar-refractivity contribution in [2.45, 2.75) is 37.2 Å². The van der Waals surface area contributed by atoms with Crippen molar-refractivity contribution in [2.75, 3.05) is 26.2 Å². The summed E-state index contributed by atoms with van der Waals surface area (Å²) in [5, 5.41) is 11.9. The molecule has 0 amide bonds. The summed E-state index contributed by atoms with van der Waals surface area (Å²) in [5.41, 5.74) is 2.22. The number of rotatable bonds is 8. The van der Waals surface area contributed by atoms with Gasteiger partial charge in [0.05, 0.1) is 17.5 Å². The lowest BCUT2D eigenvalue weighted by molar-refractivity contribution is 0.245. The second-order valence-corrected chi connectivity index (χ2v) is 9.00. The van der Waals surface area contributed by atoms with Gasteiger partial charge in [-0.05, 0) is 56.1 Å². The van der Waals surface area contributed by atoms with Gasteiger partial charge >= 0.3 is 0 Å². The van der Waals surface area contributed by atoms with E-state index >= 15 is 0 Å². The van der Waals surface area contributed by atoms with Crippen molar-refractivity contribution in [1.29, 1.82) is 0 Å². The summed E-state index contributed by atoms with van der Waals surface area (Å²) < 4.78 is 22.8. The molecule has 0 aromatic heterocycles. The first-order valence-corrected chi connectivity index (χ1v) is 11.9. The quantitative estimate of drug-likeness (QED) is 0.264. The van der Waals surface area contributed by atoms with E-state index in [-0.39, 0.29) is 28.9 Å². The lowest BCUT2D eigenvalue weighted by Crippen LogP contribution is -2.42. The number of benzene rings is 2. The van der Waals surface area contributed by atoms with Crippen LogP contribution in [0.2, 0.25) is 0 Å². The van der Waals surface area contributed by atoms with Crippen LogP contribution in [0.15, 0.2) is 64.5 Å². The molecule has 4 N–H and O–H groups in total. The zero-order valence-corrected chi connectivity index (χ0v) is 21.0. The third-order valence-electron chi connectivity index (χ3n) is 5.24. The van der Waals surface area contributed by atoms with E-state index in [2.05, 4.69) is 44.8 Å². The van der Waals surface area contributed by atoms with Gasteiger partial charge in [-0.15, -0.1) is 24.0 Å². The highest BCUT2D eigenvalue weighted by Crippen LogP contribution is 2.24. The molecule has 2 aromatic carbocycles. The highest BCUT2D eigenvalue weighted by atomic mass is 127. The minimum Gasteiger partial charge on any atom is -0.357 e. The minimum absolute atomic E-state index is 0. The van der Waals surface area contributed by atoms with E-state index in [1.165, 1.54) is 30.5 Å². The summed E-state index contributed by atoms with van der Waals surface area (Å²) in [6, 6.07) is 17.4. The van der Waals surface area contributed by atoms with Crippen LogP contribution in [0.5, 0.6) is 0 Å². The highest BCUT2D eigenvalue weighted by molar-refractivity contribution is 14.0. The molecule has 1 unspecified atom stereocenters. The Kier molecular flexibility index (Phi) is 10.2. The predicted octanol–water partition coefficient (Wildman–Crippen LogP) is 2.84. The normalized spacial score (nSPS) is 15.9. The molecule has 0 spiro atoms. The van der Waals surface area contributed by atoms with Crippen LogP contribution in [0.4, 0.5) is 0 Å². The van der Waals surface area contributed by atoms with Gasteiger partial charge < -0.3 is 10.6 Å². The average molecular weight is 558 g/mol. The summed E-state index contributed by atoms with van der Waals surface area (Å²) in [6.45, 7) is 6.24. The lowest BCUT2D eigenvalue weighted by atomic mass is 10.1. The summed E-state index contributed by atoms with van der Waals surface area (Å²) in [6.07, 6.45) is 2.48. The first-order valence-electron chi connectivity index (χ1n) is 10.4. The van der Waals surface area contributed by atoms with Gasteiger partial charge in [-0.3, -0.25) is 4.90 Å². The molecule has 170 valence electrons. The maximum Gasteiger partial charge on any atom is 0.238 e. The van der Waals surface area contributed by atoms with Crippen molar-refractivity contribution in [1.82, 2.24) is 15.5 Å². The first kappa shape index (κ1) is 25.6. The van der Waals surface area contributed by atoms with E-state index in [1.807, 2.05) is 13.0 Å². The van der Waals surface area contributed by atoms with Crippen LogP contribution < -0.4 is 15.8 Å². The summed E-state index contributed by atoms with van der Waals surface area (Å²) in [5.74, 6) is 0.744. The average Bonchev–Trinajstić information content (AvgIpc) is 3.27. The Hall–Kier alpha value is -1.69. The summed E-state index contributed by atoms with van der Waals surface area (Å²) >= 11 is 0. The van der Waals surface area contributed by atoms with E-state index in [1.54, 1.807) is 12.1 Å². The molecule has 1 aliphatic rings. The fourth-order valence-corrected chi connectivity index (χ4v) is 4.19. The number of hydrogen-bond acceptors (Lipinski definition) is 4. The number of primary sulfonamides is 1. The van der Waals surface area contributed by atoms with Crippen LogP contribution in [0.3, 0.4) is 0 Å². The van der Waals surface area contributed by atoms with Gasteiger partial charge in [0.2, 0.25) is 10.0 Å².